The summed E-state index contributed by atoms with van der Waals surface area (Å²) >= 11 is 0. The quantitative estimate of drug-likeness (QED) is 0.151. The highest BCUT2D eigenvalue weighted by Crippen LogP contribution is 2.44. The molecule has 0 spiro atoms. The highest BCUT2D eigenvalue weighted by molar-refractivity contribution is 5.37. The van der Waals surface area contributed by atoms with E-state index in [1.807, 2.05) is 30.3 Å². The van der Waals surface area contributed by atoms with Crippen molar-refractivity contribution in [3.05, 3.63) is 119 Å². The van der Waals surface area contributed by atoms with Crippen LogP contribution in [0.2, 0.25) is 0 Å². The summed E-state index contributed by atoms with van der Waals surface area (Å²) in [7, 11) is 0. The van der Waals surface area contributed by atoms with Crippen LogP contribution in [0.15, 0.2) is 85.5 Å². The molecule has 0 aromatic heterocycles. The zero-order valence-corrected chi connectivity index (χ0v) is 25.6. The first-order valence-electron chi connectivity index (χ1n) is 15.3. The lowest BCUT2D eigenvalue weighted by Crippen LogP contribution is -2.59. The Bertz CT molecular complexity index is 1250. The van der Waals surface area contributed by atoms with E-state index in [2.05, 4.69) is 56.0 Å². The molecule has 226 valence electrons. The highest BCUT2D eigenvalue weighted by Gasteiger charge is 2.51. The molecular weight excluding hydrogens is 524 g/mol. The van der Waals surface area contributed by atoms with Crippen molar-refractivity contribution in [2.24, 2.45) is 0 Å². The minimum Gasteiger partial charge on any atom is -0.393 e. The minimum atomic E-state index is -1.25. The van der Waals surface area contributed by atoms with Crippen molar-refractivity contribution in [1.29, 1.82) is 0 Å². The van der Waals surface area contributed by atoms with Gasteiger partial charge in [0.05, 0.1) is 37.6 Å². The Morgan fingerprint density at radius 2 is 1.74 bits per heavy atom. The van der Waals surface area contributed by atoms with E-state index in [-0.39, 0.29) is 18.8 Å². The first kappa shape index (κ1) is 32.1. The van der Waals surface area contributed by atoms with Crippen molar-refractivity contribution in [3.8, 4) is 0 Å². The zero-order chi connectivity index (χ0) is 30.0. The predicted octanol–water partition coefficient (Wildman–Crippen LogP) is 7.05. The van der Waals surface area contributed by atoms with Crippen LogP contribution in [0.3, 0.4) is 0 Å². The largest absolute Gasteiger partial charge is 0.393 e. The summed E-state index contributed by atoms with van der Waals surface area (Å²) in [6.45, 7) is 10.8. The van der Waals surface area contributed by atoms with Gasteiger partial charge in [0.2, 0.25) is 0 Å². The molecule has 5 heteroatoms. The van der Waals surface area contributed by atoms with Crippen LogP contribution in [-0.2, 0) is 33.7 Å². The molecular formula is C37H48O5. The molecule has 1 saturated heterocycles. The maximum Gasteiger partial charge on any atom is 0.122 e. The van der Waals surface area contributed by atoms with Crippen LogP contribution >= 0.6 is 0 Å². The Labute approximate surface area is 252 Å². The molecule has 3 aromatic rings. The summed E-state index contributed by atoms with van der Waals surface area (Å²) in [6, 6.07) is 25.5. The van der Waals surface area contributed by atoms with Crippen molar-refractivity contribution >= 4 is 0 Å². The SMILES string of the molecule is C=CCOCCCCc1ccc(Cc2cc([C@H]3C[C@@H](OCc4ccccc4)C[C@@](CO)(C(C)(C)O)O3)ccc2C)cc1. The molecule has 42 heavy (non-hydrogen) atoms. The summed E-state index contributed by atoms with van der Waals surface area (Å²) in [5.74, 6) is 0. The Morgan fingerprint density at radius 1 is 1.00 bits per heavy atom. The molecule has 1 heterocycles. The van der Waals surface area contributed by atoms with E-state index in [4.69, 9.17) is 14.2 Å². The van der Waals surface area contributed by atoms with Crippen molar-refractivity contribution in [2.75, 3.05) is 19.8 Å². The second kappa shape index (κ2) is 15.1. The van der Waals surface area contributed by atoms with E-state index in [0.717, 1.165) is 43.4 Å². The van der Waals surface area contributed by atoms with Crippen LogP contribution in [0.4, 0.5) is 0 Å². The topological polar surface area (TPSA) is 68.2 Å². The second-order valence-corrected chi connectivity index (χ2v) is 12.2. The first-order chi connectivity index (χ1) is 20.2. The molecule has 0 aliphatic carbocycles. The molecule has 0 radical (unpaired) electrons. The summed E-state index contributed by atoms with van der Waals surface area (Å²) in [6.07, 6.45) is 6.41. The van der Waals surface area contributed by atoms with Gasteiger partial charge in [-0.25, -0.2) is 0 Å². The first-order valence-corrected chi connectivity index (χ1v) is 15.3. The van der Waals surface area contributed by atoms with Crippen LogP contribution in [0, 0.1) is 6.92 Å². The predicted molar refractivity (Wildman–Crippen MR) is 169 cm³/mol. The fraction of sp³-hybridized carbons (Fsp3) is 0.459. The van der Waals surface area contributed by atoms with Crippen molar-refractivity contribution < 1.29 is 24.4 Å². The Kier molecular flexibility index (Phi) is 11.5. The number of benzene rings is 3. The lowest BCUT2D eigenvalue weighted by atomic mass is 9.77. The lowest BCUT2D eigenvalue weighted by molar-refractivity contribution is -0.257. The number of unbranched alkanes of at least 4 members (excludes halogenated alkanes) is 1. The van der Waals surface area contributed by atoms with Gasteiger partial charge in [0.15, 0.2) is 0 Å². The third kappa shape index (κ3) is 8.62. The van der Waals surface area contributed by atoms with Gasteiger partial charge in [0.25, 0.3) is 0 Å². The number of aliphatic hydroxyl groups excluding tert-OH is 1. The van der Waals surface area contributed by atoms with Crippen LogP contribution in [-0.4, -0.2) is 47.3 Å². The smallest absolute Gasteiger partial charge is 0.122 e. The summed E-state index contributed by atoms with van der Waals surface area (Å²) < 4.78 is 18.4. The second-order valence-electron chi connectivity index (χ2n) is 12.2. The van der Waals surface area contributed by atoms with E-state index in [1.165, 1.54) is 22.3 Å². The maximum absolute atomic E-state index is 11.1. The monoisotopic (exact) mass is 572 g/mol. The van der Waals surface area contributed by atoms with E-state index < -0.39 is 11.2 Å². The van der Waals surface area contributed by atoms with Gasteiger partial charge in [-0.2, -0.15) is 0 Å². The molecule has 1 aliphatic rings. The van der Waals surface area contributed by atoms with Gasteiger partial charge in [-0.3, -0.25) is 0 Å². The molecule has 3 aromatic carbocycles. The summed E-state index contributed by atoms with van der Waals surface area (Å²) in [5.41, 5.74) is 4.85. The van der Waals surface area contributed by atoms with E-state index in [0.29, 0.717) is 26.1 Å². The average Bonchev–Trinajstić information content (AvgIpc) is 2.99. The number of aryl methyl sites for hydroxylation is 2. The third-order valence-corrected chi connectivity index (χ3v) is 8.50. The Morgan fingerprint density at radius 3 is 2.43 bits per heavy atom. The van der Waals surface area contributed by atoms with Crippen LogP contribution in [0.5, 0.6) is 0 Å². The average molecular weight is 573 g/mol. The highest BCUT2D eigenvalue weighted by atomic mass is 16.6. The Balaban J connectivity index is 1.46. The number of aliphatic hydroxyl groups is 2. The van der Waals surface area contributed by atoms with Crippen molar-refractivity contribution in [1.82, 2.24) is 0 Å². The molecule has 0 saturated carbocycles. The lowest BCUT2D eigenvalue weighted by Gasteiger charge is -2.49. The standard InChI is InChI=1S/C37H48O5/c1-5-20-40-21-10-9-11-29-15-17-30(18-16-29)22-33-23-32(19-14-28(33)2)35-24-34(41-26-31-12-7-6-8-13-31)25-37(27-38,42-35)36(3,4)39/h5-8,12-19,23,34-35,38-39H,1,9-11,20-22,24-27H2,2-4H3/t34-,35-,37-/m1/s1. The fourth-order valence-corrected chi connectivity index (χ4v) is 5.69. The van der Waals surface area contributed by atoms with Crippen molar-refractivity contribution in [3.63, 3.8) is 0 Å². The maximum atomic E-state index is 11.1. The number of rotatable bonds is 15. The van der Waals surface area contributed by atoms with Crippen molar-refractivity contribution in [2.45, 2.75) is 89.3 Å². The van der Waals surface area contributed by atoms with E-state index in [9.17, 15) is 10.2 Å². The molecule has 5 nitrogen and oxygen atoms in total. The molecule has 4 rings (SSSR count). The summed E-state index contributed by atoms with van der Waals surface area (Å²) in [4.78, 5) is 0. The summed E-state index contributed by atoms with van der Waals surface area (Å²) in [5, 5.41) is 21.6. The Hall–Kier alpha value is -2.80. The minimum absolute atomic E-state index is 0.173. The molecule has 0 bridgehead atoms. The van der Waals surface area contributed by atoms with Gasteiger partial charge in [-0.15, -0.1) is 6.58 Å². The molecule has 1 aliphatic heterocycles. The van der Waals surface area contributed by atoms with E-state index in [1.54, 1.807) is 19.9 Å². The number of hydrogen-bond donors (Lipinski definition) is 2. The van der Waals surface area contributed by atoms with Gasteiger partial charge < -0.3 is 24.4 Å². The zero-order valence-electron chi connectivity index (χ0n) is 25.6. The van der Waals surface area contributed by atoms with E-state index >= 15 is 0 Å². The van der Waals surface area contributed by atoms with Gasteiger partial charge in [-0.1, -0.05) is 78.9 Å². The molecule has 0 amide bonds. The van der Waals surface area contributed by atoms with Gasteiger partial charge in [0, 0.05) is 19.4 Å². The molecule has 3 atom stereocenters. The van der Waals surface area contributed by atoms with Gasteiger partial charge >= 0.3 is 0 Å². The third-order valence-electron chi connectivity index (χ3n) is 8.50. The van der Waals surface area contributed by atoms with Crippen LogP contribution in [0.25, 0.3) is 0 Å². The van der Waals surface area contributed by atoms with Crippen LogP contribution in [0.1, 0.15) is 79.0 Å². The fourth-order valence-electron chi connectivity index (χ4n) is 5.69. The molecule has 1 fully saturated rings. The normalized spacial score (nSPS) is 20.9. The number of ether oxygens (including phenoxy) is 3. The van der Waals surface area contributed by atoms with Gasteiger partial charge in [-0.05, 0) is 79.8 Å². The number of hydrogen-bond acceptors (Lipinski definition) is 5. The van der Waals surface area contributed by atoms with Crippen LogP contribution < -0.4 is 0 Å². The molecule has 2 N–H and O–H groups in total. The van der Waals surface area contributed by atoms with Gasteiger partial charge in [0.1, 0.15) is 5.60 Å². The molecule has 0 unspecified atom stereocenters.